The molecule has 0 unspecified atom stereocenters. The quantitative estimate of drug-likeness (QED) is 0.753. The van der Waals surface area contributed by atoms with Gasteiger partial charge in [-0.25, -0.2) is 4.68 Å². The van der Waals surface area contributed by atoms with Gasteiger partial charge in [-0.2, -0.15) is 5.10 Å². The number of benzene rings is 1. The van der Waals surface area contributed by atoms with Gasteiger partial charge < -0.3 is 9.73 Å². The molecule has 2 aromatic heterocycles. The van der Waals surface area contributed by atoms with Gasteiger partial charge in [0, 0.05) is 0 Å². The van der Waals surface area contributed by atoms with Gasteiger partial charge >= 0.3 is 0 Å². The summed E-state index contributed by atoms with van der Waals surface area (Å²) in [6.07, 6.45) is 4.97. The predicted octanol–water partition coefficient (Wildman–Crippen LogP) is 3.66. The number of carbonyl (C=O) groups is 1. The highest BCUT2D eigenvalue weighted by Gasteiger charge is 2.17. The van der Waals surface area contributed by atoms with Crippen LogP contribution in [0.25, 0.3) is 5.69 Å². The Balaban J connectivity index is 1.84. The van der Waals surface area contributed by atoms with E-state index in [4.69, 9.17) is 4.42 Å². The van der Waals surface area contributed by atoms with Crippen molar-refractivity contribution in [3.63, 3.8) is 0 Å². The summed E-state index contributed by atoms with van der Waals surface area (Å²) in [5.74, 6) is 0.597. The molecule has 0 aliphatic heterocycles. The van der Waals surface area contributed by atoms with E-state index in [2.05, 4.69) is 17.3 Å². The topological polar surface area (TPSA) is 60.1 Å². The lowest BCUT2D eigenvalue weighted by Gasteiger charge is -2.09. The third kappa shape index (κ3) is 3.40. The number of nitrogens with one attached hydrogen (secondary N) is 1. The summed E-state index contributed by atoms with van der Waals surface area (Å²) in [4.78, 5) is 12.5. The molecule has 0 radical (unpaired) electrons. The Bertz CT molecular complexity index is 802. The van der Waals surface area contributed by atoms with Crippen LogP contribution in [0.5, 0.6) is 0 Å². The lowest BCUT2D eigenvalue weighted by Crippen LogP contribution is -2.23. The second kappa shape index (κ2) is 7.17. The Morgan fingerprint density at radius 1 is 1.25 bits per heavy atom. The molecule has 124 valence electrons. The fourth-order valence-electron chi connectivity index (χ4n) is 2.63. The summed E-state index contributed by atoms with van der Waals surface area (Å²) in [7, 11) is 0. The summed E-state index contributed by atoms with van der Waals surface area (Å²) in [5, 5.41) is 7.32. The standard InChI is InChI=1S/C19H21N3O2/c1-3-5-18-17(19(23)20-12-16-6-4-11-24-16)13-21-22(18)15-9-7-14(2)8-10-15/h4,6-11,13H,3,5,12H2,1-2H3,(H,20,23). The van der Waals surface area contributed by atoms with Crippen molar-refractivity contribution >= 4 is 5.91 Å². The molecule has 0 atom stereocenters. The molecule has 0 bridgehead atoms. The number of aryl methyl sites for hydroxylation is 1. The first-order valence-electron chi connectivity index (χ1n) is 8.13. The second-order valence-electron chi connectivity index (χ2n) is 5.76. The van der Waals surface area contributed by atoms with Gasteiger partial charge in [0.25, 0.3) is 5.91 Å². The largest absolute Gasteiger partial charge is 0.467 e. The van der Waals surface area contributed by atoms with Crippen LogP contribution in [0.1, 0.15) is 40.7 Å². The van der Waals surface area contributed by atoms with Crippen molar-refractivity contribution in [2.45, 2.75) is 33.2 Å². The molecular formula is C19H21N3O2. The lowest BCUT2D eigenvalue weighted by atomic mass is 10.1. The maximum Gasteiger partial charge on any atom is 0.255 e. The molecule has 5 nitrogen and oxygen atoms in total. The van der Waals surface area contributed by atoms with E-state index >= 15 is 0 Å². The van der Waals surface area contributed by atoms with E-state index in [9.17, 15) is 4.79 Å². The first kappa shape index (κ1) is 16.1. The zero-order valence-electron chi connectivity index (χ0n) is 14.0. The van der Waals surface area contributed by atoms with E-state index in [-0.39, 0.29) is 5.91 Å². The van der Waals surface area contributed by atoms with E-state index in [0.29, 0.717) is 12.1 Å². The highest BCUT2D eigenvalue weighted by molar-refractivity contribution is 5.95. The molecule has 1 N–H and O–H groups in total. The zero-order chi connectivity index (χ0) is 16.9. The van der Waals surface area contributed by atoms with Gasteiger partial charge in [0.15, 0.2) is 0 Å². The van der Waals surface area contributed by atoms with E-state index in [1.54, 1.807) is 18.5 Å². The monoisotopic (exact) mass is 323 g/mol. The number of hydrogen-bond acceptors (Lipinski definition) is 3. The molecule has 3 aromatic rings. The van der Waals surface area contributed by atoms with Crippen molar-refractivity contribution in [2.75, 3.05) is 0 Å². The van der Waals surface area contributed by atoms with Crippen LogP contribution in [-0.4, -0.2) is 15.7 Å². The molecule has 0 fully saturated rings. The molecule has 1 amide bonds. The first-order valence-corrected chi connectivity index (χ1v) is 8.13. The average molecular weight is 323 g/mol. The van der Waals surface area contributed by atoms with Gasteiger partial charge in [0.1, 0.15) is 5.76 Å². The fraction of sp³-hybridized carbons (Fsp3) is 0.263. The number of amides is 1. The fourth-order valence-corrected chi connectivity index (χ4v) is 2.63. The van der Waals surface area contributed by atoms with Crippen LogP contribution in [-0.2, 0) is 13.0 Å². The minimum absolute atomic E-state index is 0.131. The molecule has 1 aromatic carbocycles. The number of furan rings is 1. The second-order valence-corrected chi connectivity index (χ2v) is 5.76. The molecule has 0 spiro atoms. The molecule has 0 saturated heterocycles. The summed E-state index contributed by atoms with van der Waals surface area (Å²) in [6.45, 7) is 4.51. The van der Waals surface area contributed by atoms with Crippen LogP contribution in [0.2, 0.25) is 0 Å². The Morgan fingerprint density at radius 2 is 2.04 bits per heavy atom. The molecule has 2 heterocycles. The number of nitrogens with zero attached hydrogens (tertiary/aromatic N) is 2. The van der Waals surface area contributed by atoms with Crippen LogP contribution < -0.4 is 5.32 Å². The van der Waals surface area contributed by atoms with Gasteiger partial charge in [-0.1, -0.05) is 31.0 Å². The van der Waals surface area contributed by atoms with Gasteiger partial charge in [-0.3, -0.25) is 4.79 Å². The van der Waals surface area contributed by atoms with Crippen molar-refractivity contribution in [3.8, 4) is 5.69 Å². The van der Waals surface area contributed by atoms with E-state index in [1.165, 1.54) is 5.56 Å². The predicted molar refractivity (Wildman–Crippen MR) is 92.2 cm³/mol. The van der Waals surface area contributed by atoms with Crippen molar-refractivity contribution in [2.24, 2.45) is 0 Å². The van der Waals surface area contributed by atoms with E-state index < -0.39 is 0 Å². The van der Waals surface area contributed by atoms with Gasteiger partial charge in [-0.05, 0) is 37.6 Å². The normalized spacial score (nSPS) is 10.8. The van der Waals surface area contributed by atoms with Crippen LogP contribution >= 0.6 is 0 Å². The maximum atomic E-state index is 12.5. The van der Waals surface area contributed by atoms with Crippen LogP contribution in [0, 0.1) is 6.92 Å². The Morgan fingerprint density at radius 3 is 2.71 bits per heavy atom. The van der Waals surface area contributed by atoms with Crippen LogP contribution in [0.15, 0.2) is 53.3 Å². The van der Waals surface area contributed by atoms with Crippen molar-refractivity contribution in [1.82, 2.24) is 15.1 Å². The Hall–Kier alpha value is -2.82. The first-order chi connectivity index (χ1) is 11.7. The van der Waals surface area contributed by atoms with Crippen molar-refractivity contribution in [3.05, 3.63) is 71.4 Å². The lowest BCUT2D eigenvalue weighted by molar-refractivity contribution is 0.0947. The molecule has 5 heteroatoms. The summed E-state index contributed by atoms with van der Waals surface area (Å²) >= 11 is 0. The molecule has 3 rings (SSSR count). The molecule has 0 saturated carbocycles. The van der Waals surface area contributed by atoms with E-state index in [0.717, 1.165) is 30.0 Å². The maximum absolute atomic E-state index is 12.5. The van der Waals surface area contributed by atoms with E-state index in [1.807, 2.05) is 41.9 Å². The number of carbonyl (C=O) groups excluding carboxylic acids is 1. The highest BCUT2D eigenvalue weighted by Crippen LogP contribution is 2.17. The zero-order valence-corrected chi connectivity index (χ0v) is 14.0. The minimum atomic E-state index is -0.131. The number of rotatable bonds is 6. The molecule has 0 aliphatic rings. The molecular weight excluding hydrogens is 302 g/mol. The summed E-state index contributed by atoms with van der Waals surface area (Å²) in [6, 6.07) is 11.8. The Labute approximate surface area is 141 Å². The molecule has 24 heavy (non-hydrogen) atoms. The summed E-state index contributed by atoms with van der Waals surface area (Å²) < 4.78 is 7.10. The summed E-state index contributed by atoms with van der Waals surface area (Å²) in [5.41, 5.74) is 3.70. The third-order valence-corrected chi connectivity index (χ3v) is 3.88. The SMILES string of the molecule is CCCc1c(C(=O)NCc2ccco2)cnn1-c1ccc(C)cc1. The van der Waals surface area contributed by atoms with Crippen molar-refractivity contribution in [1.29, 1.82) is 0 Å². The minimum Gasteiger partial charge on any atom is -0.467 e. The number of aromatic nitrogens is 2. The smallest absolute Gasteiger partial charge is 0.255 e. The third-order valence-electron chi connectivity index (χ3n) is 3.88. The Kier molecular flexibility index (Phi) is 4.79. The number of hydrogen-bond donors (Lipinski definition) is 1. The van der Waals surface area contributed by atoms with Crippen molar-refractivity contribution < 1.29 is 9.21 Å². The highest BCUT2D eigenvalue weighted by atomic mass is 16.3. The molecule has 0 aliphatic carbocycles. The van der Waals surface area contributed by atoms with Gasteiger partial charge in [0.2, 0.25) is 0 Å². The van der Waals surface area contributed by atoms with Gasteiger partial charge in [0.05, 0.1) is 35.9 Å². The van der Waals surface area contributed by atoms with Crippen LogP contribution in [0.3, 0.4) is 0 Å². The van der Waals surface area contributed by atoms with Crippen LogP contribution in [0.4, 0.5) is 0 Å². The van der Waals surface area contributed by atoms with Gasteiger partial charge in [-0.15, -0.1) is 0 Å². The average Bonchev–Trinajstić information content (AvgIpc) is 3.24.